The van der Waals surface area contributed by atoms with E-state index in [-0.39, 0.29) is 0 Å². The van der Waals surface area contributed by atoms with Gasteiger partial charge in [0.25, 0.3) is 0 Å². The van der Waals surface area contributed by atoms with E-state index >= 15 is 0 Å². The molecule has 0 radical (unpaired) electrons. The summed E-state index contributed by atoms with van der Waals surface area (Å²) in [6, 6.07) is 19.0. The minimum Gasteiger partial charge on any atom is -0.455 e. The summed E-state index contributed by atoms with van der Waals surface area (Å²) in [5.41, 5.74) is 0. The van der Waals surface area contributed by atoms with Gasteiger partial charge in [-0.3, -0.25) is 0 Å². The van der Waals surface area contributed by atoms with Gasteiger partial charge >= 0.3 is 0 Å². The zero-order valence-electron chi connectivity index (χ0n) is 17.0. The summed E-state index contributed by atoms with van der Waals surface area (Å²) < 4.78 is 24.0. The van der Waals surface area contributed by atoms with E-state index in [9.17, 15) is 0 Å². The Balaban J connectivity index is 1.75. The normalized spacial score (nSPS) is 10.9. The van der Waals surface area contributed by atoms with Crippen LogP contribution in [0, 0.1) is 0 Å². The van der Waals surface area contributed by atoms with Gasteiger partial charge in [-0.05, 0) is 152 Å². The quantitative estimate of drug-likeness (QED) is 0.180. The topological polar surface area (TPSA) is 27.7 Å². The summed E-state index contributed by atoms with van der Waals surface area (Å²) in [7, 11) is 0. The van der Waals surface area contributed by atoms with Crippen molar-refractivity contribution in [2.75, 3.05) is 0 Å². The van der Waals surface area contributed by atoms with E-state index in [1.807, 2.05) is 60.7 Å². The van der Waals surface area contributed by atoms with Crippen LogP contribution in [-0.4, -0.2) is 0 Å². The highest BCUT2D eigenvalue weighted by atomic mass is 79.9. The molecule has 0 unspecified atom stereocenters. The molecule has 0 bridgehead atoms. The lowest BCUT2D eigenvalue weighted by atomic mass is 10.3. The van der Waals surface area contributed by atoms with E-state index in [0.717, 1.165) is 0 Å². The first-order chi connectivity index (χ1) is 16.7. The summed E-state index contributed by atoms with van der Waals surface area (Å²) in [5.74, 6) is 3.65. The lowest BCUT2D eigenvalue weighted by molar-refractivity contribution is 0.448. The molecule has 35 heavy (non-hydrogen) atoms. The summed E-state index contributed by atoms with van der Waals surface area (Å²) in [5, 5.41) is 0. The van der Waals surface area contributed by atoms with Crippen molar-refractivity contribution in [3.63, 3.8) is 0 Å². The molecular weight excluding hydrogens is 975 g/mol. The van der Waals surface area contributed by atoms with Crippen LogP contribution < -0.4 is 14.2 Å². The molecule has 3 nitrogen and oxygen atoms in total. The number of para-hydroxylation sites is 2. The van der Waals surface area contributed by atoms with E-state index < -0.39 is 0 Å². The summed E-state index contributed by atoms with van der Waals surface area (Å²) >= 11 is 29.1. The Morgan fingerprint density at radius 1 is 0.314 bits per heavy atom. The van der Waals surface area contributed by atoms with Crippen LogP contribution in [0.4, 0.5) is 0 Å². The van der Waals surface area contributed by atoms with Gasteiger partial charge in [-0.15, -0.1) is 0 Å². The molecule has 4 aromatic carbocycles. The maximum absolute atomic E-state index is 6.42. The van der Waals surface area contributed by atoms with E-state index in [0.29, 0.717) is 70.3 Å². The molecule has 0 saturated heterocycles. The minimum absolute atomic E-state index is 0.529. The largest absolute Gasteiger partial charge is 0.455 e. The third kappa shape index (κ3) is 6.08. The Hall–Kier alpha value is 0.120. The van der Waals surface area contributed by atoms with Crippen molar-refractivity contribution in [3.05, 3.63) is 96.4 Å². The van der Waals surface area contributed by atoms with Crippen LogP contribution in [0.5, 0.6) is 34.5 Å². The fourth-order valence-electron chi connectivity index (χ4n) is 2.86. The molecule has 4 aromatic rings. The van der Waals surface area contributed by atoms with Gasteiger partial charge in [0.2, 0.25) is 0 Å². The fourth-order valence-corrected chi connectivity index (χ4v) is 7.59. The standard InChI is InChI=1S/C24H10Br8O3/c25-13-17(29)23(18(30)14(26)21(13)33-11-7-3-1-4-8-11)35-24-19(31)15(27)22(16(28)20(24)32)34-12-9-5-2-6-10-12/h1-10H. The van der Waals surface area contributed by atoms with Crippen molar-refractivity contribution < 1.29 is 14.2 Å². The molecular formula is C24H10Br8O3. The minimum atomic E-state index is 0.529. The highest BCUT2D eigenvalue weighted by Crippen LogP contribution is 2.56. The maximum atomic E-state index is 6.42. The number of ether oxygens (including phenoxy) is 3. The van der Waals surface area contributed by atoms with Gasteiger partial charge in [0.1, 0.15) is 11.5 Å². The maximum Gasteiger partial charge on any atom is 0.158 e. The zero-order chi connectivity index (χ0) is 25.3. The van der Waals surface area contributed by atoms with Crippen molar-refractivity contribution in [1.29, 1.82) is 0 Å². The predicted molar refractivity (Wildman–Crippen MR) is 168 cm³/mol. The molecule has 11 heteroatoms. The van der Waals surface area contributed by atoms with Crippen LogP contribution in [0.3, 0.4) is 0 Å². The summed E-state index contributed by atoms with van der Waals surface area (Å²) in [4.78, 5) is 0. The number of benzene rings is 4. The Morgan fingerprint density at radius 2 is 0.543 bits per heavy atom. The van der Waals surface area contributed by atoms with Gasteiger partial charge in [-0.1, -0.05) is 36.4 Å². The Kier molecular flexibility index (Phi) is 9.90. The monoisotopic (exact) mass is 977 g/mol. The first-order valence-electron chi connectivity index (χ1n) is 9.56. The van der Waals surface area contributed by atoms with Crippen LogP contribution >= 0.6 is 127 Å². The zero-order valence-corrected chi connectivity index (χ0v) is 29.7. The average Bonchev–Trinajstić information content (AvgIpc) is 2.87. The van der Waals surface area contributed by atoms with Crippen LogP contribution in [-0.2, 0) is 0 Å². The molecule has 0 amide bonds. The summed E-state index contributed by atoms with van der Waals surface area (Å²) in [6.07, 6.45) is 0. The van der Waals surface area contributed by atoms with E-state index in [4.69, 9.17) is 14.2 Å². The SMILES string of the molecule is Brc1c(Br)c(Oc2c(Br)c(Br)c(Oc3ccccc3)c(Br)c2Br)c(Br)c(Br)c1Oc1ccccc1. The van der Waals surface area contributed by atoms with Crippen molar-refractivity contribution in [1.82, 2.24) is 0 Å². The van der Waals surface area contributed by atoms with Gasteiger partial charge in [0.15, 0.2) is 23.0 Å². The van der Waals surface area contributed by atoms with Gasteiger partial charge in [-0.25, -0.2) is 0 Å². The molecule has 0 atom stereocenters. The summed E-state index contributed by atoms with van der Waals surface area (Å²) in [6.45, 7) is 0. The lowest BCUT2D eigenvalue weighted by Crippen LogP contribution is -1.97. The first-order valence-corrected chi connectivity index (χ1v) is 15.9. The van der Waals surface area contributed by atoms with Gasteiger partial charge < -0.3 is 14.2 Å². The third-order valence-corrected chi connectivity index (χ3v) is 12.7. The first kappa shape index (κ1) is 28.1. The molecule has 0 saturated carbocycles. The molecule has 0 aromatic heterocycles. The second-order valence-corrected chi connectivity index (χ2v) is 13.1. The van der Waals surface area contributed by atoms with Crippen LogP contribution in [0.15, 0.2) is 96.4 Å². The molecule has 0 aliphatic carbocycles. The molecule has 0 aliphatic rings. The third-order valence-electron chi connectivity index (χ3n) is 4.50. The number of halogens is 8. The predicted octanol–water partition coefficient (Wildman–Crippen LogP) is 13.2. The highest BCUT2D eigenvalue weighted by molar-refractivity contribution is 9.14. The Morgan fingerprint density at radius 3 is 0.800 bits per heavy atom. The smallest absolute Gasteiger partial charge is 0.158 e. The van der Waals surface area contributed by atoms with E-state index in [2.05, 4.69) is 127 Å². The second kappa shape index (κ2) is 12.3. The van der Waals surface area contributed by atoms with E-state index in [1.54, 1.807) is 0 Å². The van der Waals surface area contributed by atoms with Crippen LogP contribution in [0.2, 0.25) is 0 Å². The fraction of sp³-hybridized carbons (Fsp3) is 0. The van der Waals surface area contributed by atoms with E-state index in [1.165, 1.54) is 0 Å². The molecule has 4 rings (SSSR count). The molecule has 0 spiro atoms. The second-order valence-electron chi connectivity index (χ2n) is 6.76. The molecule has 0 aliphatic heterocycles. The number of hydrogen-bond acceptors (Lipinski definition) is 3. The van der Waals surface area contributed by atoms with Crippen LogP contribution in [0.1, 0.15) is 0 Å². The molecule has 0 heterocycles. The van der Waals surface area contributed by atoms with Gasteiger partial charge in [0.05, 0.1) is 35.8 Å². The van der Waals surface area contributed by atoms with Crippen molar-refractivity contribution >= 4 is 127 Å². The van der Waals surface area contributed by atoms with Crippen molar-refractivity contribution in [2.45, 2.75) is 0 Å². The number of rotatable bonds is 6. The van der Waals surface area contributed by atoms with Crippen LogP contribution in [0.25, 0.3) is 0 Å². The highest BCUT2D eigenvalue weighted by Gasteiger charge is 2.27. The lowest BCUT2D eigenvalue weighted by Gasteiger charge is -2.20. The molecule has 0 N–H and O–H groups in total. The van der Waals surface area contributed by atoms with Crippen molar-refractivity contribution in [2.24, 2.45) is 0 Å². The van der Waals surface area contributed by atoms with Crippen molar-refractivity contribution in [3.8, 4) is 34.5 Å². The number of hydrogen-bond donors (Lipinski definition) is 0. The Labute approximate surface area is 269 Å². The Bertz CT molecular complexity index is 1230. The average molecular weight is 986 g/mol. The molecule has 0 fully saturated rings. The molecule has 180 valence electrons. The van der Waals surface area contributed by atoms with Gasteiger partial charge in [-0.2, -0.15) is 0 Å². The van der Waals surface area contributed by atoms with Gasteiger partial charge in [0, 0.05) is 0 Å².